The van der Waals surface area contributed by atoms with Crippen LogP contribution in [0.2, 0.25) is 0 Å². The Kier molecular flexibility index (Phi) is 5.93. The summed E-state index contributed by atoms with van der Waals surface area (Å²) < 4.78 is 4.99. The Bertz CT molecular complexity index is 1010. The van der Waals surface area contributed by atoms with Gasteiger partial charge in [-0.3, -0.25) is 14.5 Å². The summed E-state index contributed by atoms with van der Waals surface area (Å²) in [6, 6.07) is 8.29. The SMILES string of the molecule is CCOC(=O)c1sc(NC(=O)CN2C(=O)NC(C)(c3ccc(C)cc3)C2=O)cc1C. The number of imide groups is 1. The van der Waals surface area contributed by atoms with Gasteiger partial charge in [-0.15, -0.1) is 11.3 Å². The van der Waals surface area contributed by atoms with Crippen LogP contribution in [0.15, 0.2) is 30.3 Å². The van der Waals surface area contributed by atoms with E-state index >= 15 is 0 Å². The van der Waals surface area contributed by atoms with Crippen molar-refractivity contribution in [1.29, 1.82) is 0 Å². The fourth-order valence-electron chi connectivity index (χ4n) is 3.19. The van der Waals surface area contributed by atoms with Crippen molar-refractivity contribution < 1.29 is 23.9 Å². The molecule has 1 atom stereocenters. The van der Waals surface area contributed by atoms with E-state index in [1.165, 1.54) is 0 Å². The minimum Gasteiger partial charge on any atom is -0.462 e. The first-order valence-corrected chi connectivity index (χ1v) is 10.3. The highest BCUT2D eigenvalue weighted by molar-refractivity contribution is 7.18. The number of rotatable bonds is 6. The van der Waals surface area contributed by atoms with Crippen LogP contribution in [-0.4, -0.2) is 41.9 Å². The highest BCUT2D eigenvalue weighted by atomic mass is 32.1. The summed E-state index contributed by atoms with van der Waals surface area (Å²) >= 11 is 1.08. The number of carbonyl (C=O) groups excluding carboxylic acids is 4. The highest BCUT2D eigenvalue weighted by Gasteiger charge is 2.49. The molecule has 0 bridgehead atoms. The summed E-state index contributed by atoms with van der Waals surface area (Å²) in [5.74, 6) is -1.49. The molecule has 0 radical (unpaired) electrons. The number of ether oxygens (including phenoxy) is 1. The lowest BCUT2D eigenvalue weighted by molar-refractivity contribution is -0.133. The average molecular weight is 429 g/mol. The van der Waals surface area contributed by atoms with Crippen LogP contribution in [0.4, 0.5) is 9.80 Å². The van der Waals surface area contributed by atoms with Gasteiger partial charge in [0.05, 0.1) is 11.6 Å². The van der Waals surface area contributed by atoms with Gasteiger partial charge in [0.2, 0.25) is 5.91 Å². The molecule has 2 heterocycles. The van der Waals surface area contributed by atoms with Crippen LogP contribution < -0.4 is 10.6 Å². The number of benzene rings is 1. The normalized spacial score (nSPS) is 18.3. The van der Waals surface area contributed by atoms with Gasteiger partial charge in [-0.2, -0.15) is 0 Å². The van der Waals surface area contributed by atoms with Crippen molar-refractivity contribution in [2.75, 3.05) is 18.5 Å². The Hall–Kier alpha value is -3.20. The van der Waals surface area contributed by atoms with Gasteiger partial charge < -0.3 is 15.4 Å². The van der Waals surface area contributed by atoms with E-state index in [1.54, 1.807) is 39.0 Å². The van der Waals surface area contributed by atoms with Gasteiger partial charge in [-0.1, -0.05) is 29.8 Å². The summed E-state index contributed by atoms with van der Waals surface area (Å²) in [5.41, 5.74) is 1.11. The number of anilines is 1. The number of hydrogen-bond acceptors (Lipinski definition) is 6. The van der Waals surface area contributed by atoms with Crippen molar-refractivity contribution in [2.24, 2.45) is 0 Å². The molecule has 4 amide bonds. The largest absolute Gasteiger partial charge is 0.462 e. The quantitative estimate of drug-likeness (QED) is 0.543. The number of thiophene rings is 1. The van der Waals surface area contributed by atoms with E-state index in [4.69, 9.17) is 4.74 Å². The van der Waals surface area contributed by atoms with Gasteiger partial charge in [0, 0.05) is 0 Å². The minimum atomic E-state index is -1.23. The summed E-state index contributed by atoms with van der Waals surface area (Å²) in [7, 11) is 0. The molecule has 1 unspecified atom stereocenters. The van der Waals surface area contributed by atoms with Crippen LogP contribution in [0, 0.1) is 13.8 Å². The summed E-state index contributed by atoms with van der Waals surface area (Å²) in [5, 5.41) is 5.76. The van der Waals surface area contributed by atoms with Crippen LogP contribution in [0.5, 0.6) is 0 Å². The van der Waals surface area contributed by atoms with E-state index in [1.807, 2.05) is 19.1 Å². The molecule has 30 heavy (non-hydrogen) atoms. The predicted octanol–water partition coefficient (Wildman–Crippen LogP) is 2.95. The van der Waals surface area contributed by atoms with Gasteiger partial charge in [0.1, 0.15) is 17.0 Å². The van der Waals surface area contributed by atoms with Crippen LogP contribution in [0.1, 0.15) is 40.2 Å². The molecule has 1 aliphatic heterocycles. The van der Waals surface area contributed by atoms with Crippen molar-refractivity contribution in [3.8, 4) is 0 Å². The number of hydrogen-bond donors (Lipinski definition) is 2. The highest BCUT2D eigenvalue weighted by Crippen LogP contribution is 2.30. The van der Waals surface area contributed by atoms with E-state index in [-0.39, 0.29) is 6.61 Å². The van der Waals surface area contributed by atoms with Crippen LogP contribution in [0.25, 0.3) is 0 Å². The fraction of sp³-hybridized carbons (Fsp3) is 0.333. The molecule has 0 aliphatic carbocycles. The standard InChI is InChI=1S/C21H23N3O5S/c1-5-29-18(26)17-13(3)10-16(30-17)22-15(25)11-24-19(27)21(4,23-20(24)28)14-8-6-12(2)7-9-14/h6-10H,5,11H2,1-4H3,(H,22,25)(H,23,28). The molecule has 158 valence electrons. The monoisotopic (exact) mass is 429 g/mol. The summed E-state index contributed by atoms with van der Waals surface area (Å²) in [6.07, 6.45) is 0. The maximum absolute atomic E-state index is 12.9. The lowest BCUT2D eigenvalue weighted by Crippen LogP contribution is -2.42. The van der Waals surface area contributed by atoms with Crippen molar-refractivity contribution in [3.63, 3.8) is 0 Å². The Balaban J connectivity index is 1.70. The Labute approximate surface area is 178 Å². The van der Waals surface area contributed by atoms with Crippen LogP contribution in [0.3, 0.4) is 0 Å². The molecule has 1 aromatic carbocycles. The van der Waals surface area contributed by atoms with Crippen molar-refractivity contribution in [1.82, 2.24) is 10.2 Å². The first kappa shape index (κ1) is 21.5. The van der Waals surface area contributed by atoms with E-state index in [0.29, 0.717) is 21.0 Å². The number of esters is 1. The van der Waals surface area contributed by atoms with Crippen LogP contribution >= 0.6 is 11.3 Å². The molecule has 8 nitrogen and oxygen atoms in total. The molecular formula is C21H23N3O5S. The van der Waals surface area contributed by atoms with Gasteiger partial charge in [-0.25, -0.2) is 9.59 Å². The number of nitrogens with one attached hydrogen (secondary N) is 2. The molecule has 2 N–H and O–H groups in total. The Morgan fingerprint density at radius 2 is 1.87 bits per heavy atom. The van der Waals surface area contributed by atoms with Gasteiger partial charge >= 0.3 is 12.0 Å². The second-order valence-corrected chi connectivity index (χ2v) is 8.26. The molecule has 3 rings (SSSR count). The molecule has 1 fully saturated rings. The topological polar surface area (TPSA) is 105 Å². The van der Waals surface area contributed by atoms with E-state index in [9.17, 15) is 19.2 Å². The second kappa shape index (κ2) is 8.27. The number of carbonyl (C=O) groups is 4. The van der Waals surface area contributed by atoms with Crippen molar-refractivity contribution in [3.05, 3.63) is 51.9 Å². The molecule has 1 aromatic heterocycles. The van der Waals surface area contributed by atoms with E-state index in [0.717, 1.165) is 21.8 Å². The fourth-order valence-corrected chi connectivity index (χ4v) is 4.17. The molecule has 1 aliphatic rings. The lowest BCUT2D eigenvalue weighted by Gasteiger charge is -2.22. The van der Waals surface area contributed by atoms with Crippen LogP contribution in [-0.2, 0) is 19.9 Å². The van der Waals surface area contributed by atoms with Gasteiger partial charge in [0.15, 0.2) is 0 Å². The van der Waals surface area contributed by atoms with Crippen molar-refractivity contribution >= 4 is 40.2 Å². The Morgan fingerprint density at radius 3 is 2.50 bits per heavy atom. The summed E-state index contributed by atoms with van der Waals surface area (Å²) in [4.78, 5) is 51.0. The van der Waals surface area contributed by atoms with Crippen molar-refractivity contribution in [2.45, 2.75) is 33.2 Å². The number of nitrogens with zero attached hydrogens (tertiary/aromatic N) is 1. The summed E-state index contributed by atoms with van der Waals surface area (Å²) in [6.45, 7) is 6.82. The molecule has 0 spiro atoms. The number of urea groups is 1. The first-order valence-electron chi connectivity index (χ1n) is 9.44. The Morgan fingerprint density at radius 1 is 1.20 bits per heavy atom. The third-order valence-electron chi connectivity index (χ3n) is 4.85. The zero-order valence-corrected chi connectivity index (χ0v) is 18.0. The first-order chi connectivity index (χ1) is 14.2. The van der Waals surface area contributed by atoms with E-state index < -0.39 is 35.9 Å². The maximum Gasteiger partial charge on any atom is 0.348 e. The minimum absolute atomic E-state index is 0.254. The smallest absolute Gasteiger partial charge is 0.348 e. The molecule has 1 saturated heterocycles. The number of aryl methyl sites for hydroxylation is 2. The van der Waals surface area contributed by atoms with E-state index in [2.05, 4.69) is 10.6 Å². The molecule has 2 aromatic rings. The molecular weight excluding hydrogens is 406 g/mol. The second-order valence-electron chi connectivity index (χ2n) is 7.20. The average Bonchev–Trinajstić information content (AvgIpc) is 3.15. The predicted molar refractivity (Wildman–Crippen MR) is 112 cm³/mol. The van der Waals surface area contributed by atoms with Gasteiger partial charge in [-0.05, 0) is 44.9 Å². The molecule has 0 saturated carbocycles. The maximum atomic E-state index is 12.9. The lowest BCUT2D eigenvalue weighted by atomic mass is 9.91. The third-order valence-corrected chi connectivity index (χ3v) is 5.98. The zero-order chi connectivity index (χ0) is 22.1. The number of amides is 4. The molecule has 9 heteroatoms. The van der Waals surface area contributed by atoms with Gasteiger partial charge in [0.25, 0.3) is 5.91 Å². The third kappa shape index (κ3) is 4.06. The zero-order valence-electron chi connectivity index (χ0n) is 17.2.